The summed E-state index contributed by atoms with van der Waals surface area (Å²) in [6.07, 6.45) is 2.02. The smallest absolute Gasteiger partial charge is 0.312 e. The summed E-state index contributed by atoms with van der Waals surface area (Å²) >= 11 is 0. The first kappa shape index (κ1) is 11.6. The third-order valence-corrected chi connectivity index (χ3v) is 2.19. The normalized spacial score (nSPS) is 12.8. The lowest BCUT2D eigenvalue weighted by atomic mass is 9.94. The Kier molecular flexibility index (Phi) is 3.77. The van der Waals surface area contributed by atoms with Gasteiger partial charge in [0.15, 0.2) is 0 Å². The molecule has 0 amide bonds. The van der Waals surface area contributed by atoms with E-state index in [9.17, 15) is 4.79 Å². The quantitative estimate of drug-likeness (QED) is 0.822. The number of nitrogens with zero attached hydrogens (tertiary/aromatic N) is 2. The van der Waals surface area contributed by atoms with Crippen LogP contribution in [0.3, 0.4) is 0 Å². The van der Waals surface area contributed by atoms with E-state index in [2.05, 4.69) is 9.97 Å². The molecule has 1 aromatic heterocycles. The first-order chi connectivity index (χ1) is 7.00. The van der Waals surface area contributed by atoms with Crippen molar-refractivity contribution in [2.75, 3.05) is 0 Å². The van der Waals surface area contributed by atoms with Gasteiger partial charge in [-0.1, -0.05) is 13.8 Å². The molecule has 0 aliphatic heterocycles. The fraction of sp³-hybridized carbons (Fsp3) is 0.545. The van der Waals surface area contributed by atoms with Crippen LogP contribution in [0.5, 0.6) is 0 Å². The molecule has 82 valence electrons. The first-order valence-electron chi connectivity index (χ1n) is 5.02. The molecular formula is C11H16N2O2. The molecule has 0 aromatic carbocycles. The molecule has 4 nitrogen and oxygen atoms in total. The van der Waals surface area contributed by atoms with Crippen LogP contribution in [0.15, 0.2) is 12.4 Å². The fourth-order valence-corrected chi connectivity index (χ4v) is 1.49. The number of aryl methyl sites for hydroxylation is 1. The van der Waals surface area contributed by atoms with E-state index >= 15 is 0 Å². The maximum Gasteiger partial charge on any atom is 0.312 e. The number of carbonyl (C=O) groups is 1. The van der Waals surface area contributed by atoms with Gasteiger partial charge in [0.2, 0.25) is 0 Å². The van der Waals surface area contributed by atoms with E-state index in [-0.39, 0.29) is 0 Å². The number of aliphatic carboxylic acids is 1. The summed E-state index contributed by atoms with van der Waals surface area (Å²) in [4.78, 5) is 19.1. The lowest BCUT2D eigenvalue weighted by Gasteiger charge is -2.13. The monoisotopic (exact) mass is 208 g/mol. The average Bonchev–Trinajstić information content (AvgIpc) is 2.13. The molecule has 0 saturated carbocycles. The van der Waals surface area contributed by atoms with Gasteiger partial charge in [-0.3, -0.25) is 4.79 Å². The summed E-state index contributed by atoms with van der Waals surface area (Å²) in [6.45, 7) is 5.84. The number of hydrogen-bond acceptors (Lipinski definition) is 3. The van der Waals surface area contributed by atoms with Crippen molar-refractivity contribution in [3.8, 4) is 0 Å². The van der Waals surface area contributed by atoms with Crippen LogP contribution in [0.1, 0.15) is 37.6 Å². The predicted molar refractivity (Wildman–Crippen MR) is 56.6 cm³/mol. The fourth-order valence-electron chi connectivity index (χ4n) is 1.49. The second-order valence-electron chi connectivity index (χ2n) is 4.10. The van der Waals surface area contributed by atoms with Crippen LogP contribution in [0.4, 0.5) is 0 Å². The van der Waals surface area contributed by atoms with Crippen LogP contribution >= 0.6 is 0 Å². The summed E-state index contributed by atoms with van der Waals surface area (Å²) in [5.41, 5.74) is 1.40. The zero-order valence-corrected chi connectivity index (χ0v) is 9.27. The van der Waals surface area contributed by atoms with E-state index in [1.807, 2.05) is 20.8 Å². The van der Waals surface area contributed by atoms with Crippen molar-refractivity contribution < 1.29 is 9.90 Å². The van der Waals surface area contributed by atoms with Gasteiger partial charge in [0.05, 0.1) is 11.6 Å². The molecule has 1 aromatic rings. The van der Waals surface area contributed by atoms with Crippen LogP contribution in [0, 0.1) is 12.8 Å². The molecule has 1 N–H and O–H groups in total. The molecular weight excluding hydrogens is 192 g/mol. The molecule has 15 heavy (non-hydrogen) atoms. The van der Waals surface area contributed by atoms with Crippen LogP contribution in [0.2, 0.25) is 0 Å². The van der Waals surface area contributed by atoms with Crippen LogP contribution < -0.4 is 0 Å². The van der Waals surface area contributed by atoms with Gasteiger partial charge in [-0.15, -0.1) is 0 Å². The molecule has 0 bridgehead atoms. The zero-order chi connectivity index (χ0) is 11.4. The molecule has 0 aliphatic carbocycles. The van der Waals surface area contributed by atoms with Gasteiger partial charge in [-0.25, -0.2) is 9.97 Å². The van der Waals surface area contributed by atoms with Crippen molar-refractivity contribution in [2.45, 2.75) is 33.1 Å². The van der Waals surface area contributed by atoms with E-state index in [1.165, 1.54) is 6.33 Å². The number of carboxylic acids is 1. The van der Waals surface area contributed by atoms with E-state index in [1.54, 1.807) is 6.07 Å². The van der Waals surface area contributed by atoms with Gasteiger partial charge >= 0.3 is 5.97 Å². The van der Waals surface area contributed by atoms with Crippen LogP contribution in [0.25, 0.3) is 0 Å². The van der Waals surface area contributed by atoms with Crippen molar-refractivity contribution in [3.05, 3.63) is 23.8 Å². The standard InChI is InChI=1S/C11H16N2O2/c1-7(2)4-9(11(14)15)10-5-8(3)12-6-13-10/h5-7,9H,4H2,1-3H3,(H,14,15). The Morgan fingerprint density at radius 1 is 1.47 bits per heavy atom. The van der Waals surface area contributed by atoms with Gasteiger partial charge < -0.3 is 5.11 Å². The Balaban J connectivity index is 2.94. The second-order valence-corrected chi connectivity index (χ2v) is 4.10. The van der Waals surface area contributed by atoms with Gasteiger partial charge in [0.1, 0.15) is 6.33 Å². The number of carboxylic acid groups (broad SMARTS) is 1. The number of hydrogen-bond donors (Lipinski definition) is 1. The second kappa shape index (κ2) is 4.87. The number of aromatic nitrogens is 2. The minimum atomic E-state index is -0.818. The minimum Gasteiger partial charge on any atom is -0.481 e. The summed E-state index contributed by atoms with van der Waals surface area (Å²) in [5.74, 6) is -1.00. The number of rotatable bonds is 4. The molecule has 0 fully saturated rings. The molecule has 1 atom stereocenters. The van der Waals surface area contributed by atoms with Crippen LogP contribution in [-0.4, -0.2) is 21.0 Å². The van der Waals surface area contributed by atoms with Gasteiger partial charge in [-0.2, -0.15) is 0 Å². The lowest BCUT2D eigenvalue weighted by Crippen LogP contribution is -2.15. The van der Waals surface area contributed by atoms with Crippen molar-refractivity contribution in [2.24, 2.45) is 5.92 Å². The van der Waals surface area contributed by atoms with Gasteiger partial charge in [0.25, 0.3) is 0 Å². The first-order valence-corrected chi connectivity index (χ1v) is 5.02. The van der Waals surface area contributed by atoms with E-state index in [0.29, 0.717) is 18.0 Å². The summed E-state index contributed by atoms with van der Waals surface area (Å²) in [7, 11) is 0. The predicted octanol–water partition coefficient (Wildman–Crippen LogP) is 2.00. The molecule has 1 heterocycles. The summed E-state index contributed by atoms with van der Waals surface area (Å²) in [5, 5.41) is 9.11. The highest BCUT2D eigenvalue weighted by Gasteiger charge is 2.22. The highest BCUT2D eigenvalue weighted by molar-refractivity contribution is 5.75. The molecule has 1 unspecified atom stereocenters. The van der Waals surface area contributed by atoms with E-state index in [0.717, 1.165) is 5.69 Å². The Labute approximate surface area is 89.4 Å². The molecule has 0 aliphatic rings. The molecule has 0 spiro atoms. The maximum atomic E-state index is 11.1. The van der Waals surface area contributed by atoms with Crippen molar-refractivity contribution in [3.63, 3.8) is 0 Å². The van der Waals surface area contributed by atoms with Crippen molar-refractivity contribution in [1.29, 1.82) is 0 Å². The van der Waals surface area contributed by atoms with Crippen LogP contribution in [-0.2, 0) is 4.79 Å². The Hall–Kier alpha value is -1.45. The van der Waals surface area contributed by atoms with Gasteiger partial charge in [-0.05, 0) is 25.3 Å². The highest BCUT2D eigenvalue weighted by atomic mass is 16.4. The van der Waals surface area contributed by atoms with Crippen molar-refractivity contribution >= 4 is 5.97 Å². The Morgan fingerprint density at radius 2 is 2.13 bits per heavy atom. The molecule has 0 radical (unpaired) electrons. The zero-order valence-electron chi connectivity index (χ0n) is 9.27. The SMILES string of the molecule is Cc1cc(C(CC(C)C)C(=O)O)ncn1. The lowest BCUT2D eigenvalue weighted by molar-refractivity contribution is -0.139. The minimum absolute atomic E-state index is 0.335. The molecule has 4 heteroatoms. The average molecular weight is 208 g/mol. The third kappa shape index (κ3) is 3.31. The Bertz CT molecular complexity index is 350. The van der Waals surface area contributed by atoms with Gasteiger partial charge in [0, 0.05) is 5.69 Å². The topological polar surface area (TPSA) is 63.1 Å². The summed E-state index contributed by atoms with van der Waals surface area (Å²) < 4.78 is 0. The highest BCUT2D eigenvalue weighted by Crippen LogP contribution is 2.22. The largest absolute Gasteiger partial charge is 0.481 e. The molecule has 0 saturated heterocycles. The van der Waals surface area contributed by atoms with E-state index in [4.69, 9.17) is 5.11 Å². The third-order valence-electron chi connectivity index (χ3n) is 2.19. The molecule has 1 rings (SSSR count). The Morgan fingerprint density at radius 3 is 2.60 bits per heavy atom. The van der Waals surface area contributed by atoms with Crippen molar-refractivity contribution in [1.82, 2.24) is 9.97 Å². The van der Waals surface area contributed by atoms with E-state index < -0.39 is 11.9 Å². The summed E-state index contributed by atoms with van der Waals surface area (Å²) in [6, 6.07) is 1.74. The maximum absolute atomic E-state index is 11.1.